The summed E-state index contributed by atoms with van der Waals surface area (Å²) in [6, 6.07) is 9.80. The third-order valence-electron chi connectivity index (χ3n) is 3.56. The molecular formula is C16H13ClF2N2O. The van der Waals surface area contributed by atoms with E-state index in [0.717, 1.165) is 0 Å². The summed E-state index contributed by atoms with van der Waals surface area (Å²) in [5, 5.41) is 5.84. The predicted octanol–water partition coefficient (Wildman–Crippen LogP) is 4.30. The fourth-order valence-corrected chi connectivity index (χ4v) is 2.63. The molecule has 2 aromatic rings. The molecule has 2 aromatic carbocycles. The lowest BCUT2D eigenvalue weighted by atomic mass is 10.1. The van der Waals surface area contributed by atoms with Crippen LogP contribution in [-0.2, 0) is 0 Å². The minimum absolute atomic E-state index is 0.0376. The first-order valence-corrected chi connectivity index (χ1v) is 7.19. The first kappa shape index (κ1) is 14.8. The highest BCUT2D eigenvalue weighted by molar-refractivity contribution is 6.30. The van der Waals surface area contributed by atoms with Gasteiger partial charge in [0.15, 0.2) is 0 Å². The smallest absolute Gasteiger partial charge is 0.319 e. The molecule has 22 heavy (non-hydrogen) atoms. The topological polar surface area (TPSA) is 41.1 Å². The zero-order valence-electron chi connectivity index (χ0n) is 11.4. The van der Waals surface area contributed by atoms with Crippen molar-refractivity contribution >= 4 is 23.3 Å². The molecule has 114 valence electrons. The first-order chi connectivity index (χ1) is 10.5. The van der Waals surface area contributed by atoms with Gasteiger partial charge < -0.3 is 10.6 Å². The van der Waals surface area contributed by atoms with E-state index in [-0.39, 0.29) is 17.5 Å². The van der Waals surface area contributed by atoms with Crippen LogP contribution in [0.15, 0.2) is 42.5 Å². The minimum Gasteiger partial charge on any atom is -0.334 e. The molecule has 1 aliphatic carbocycles. The largest absolute Gasteiger partial charge is 0.334 e. The molecule has 3 rings (SSSR count). The summed E-state index contributed by atoms with van der Waals surface area (Å²) in [7, 11) is 0. The van der Waals surface area contributed by atoms with Crippen molar-refractivity contribution in [2.75, 3.05) is 5.32 Å². The number of amides is 2. The average Bonchev–Trinajstić information content (AvgIpc) is 3.17. The van der Waals surface area contributed by atoms with Crippen LogP contribution in [0.4, 0.5) is 19.3 Å². The number of hydrogen-bond donors (Lipinski definition) is 2. The van der Waals surface area contributed by atoms with E-state index in [9.17, 15) is 13.6 Å². The van der Waals surface area contributed by atoms with E-state index in [1.165, 1.54) is 18.2 Å². The molecule has 0 spiro atoms. The molecule has 2 amide bonds. The molecule has 0 aliphatic heterocycles. The van der Waals surface area contributed by atoms with Crippen LogP contribution in [0, 0.1) is 11.6 Å². The molecule has 6 heteroatoms. The molecule has 0 bridgehead atoms. The molecule has 1 saturated carbocycles. The van der Waals surface area contributed by atoms with Gasteiger partial charge in [-0.25, -0.2) is 13.6 Å². The van der Waals surface area contributed by atoms with E-state index in [4.69, 9.17) is 11.6 Å². The van der Waals surface area contributed by atoms with E-state index < -0.39 is 17.7 Å². The van der Waals surface area contributed by atoms with Gasteiger partial charge in [-0.3, -0.25) is 0 Å². The summed E-state index contributed by atoms with van der Waals surface area (Å²) in [5.41, 5.74) is 0.592. The number of anilines is 1. The monoisotopic (exact) mass is 322 g/mol. The van der Waals surface area contributed by atoms with E-state index in [1.54, 1.807) is 24.3 Å². The second-order valence-electron chi connectivity index (χ2n) is 5.19. The van der Waals surface area contributed by atoms with Crippen molar-refractivity contribution in [1.29, 1.82) is 0 Å². The van der Waals surface area contributed by atoms with Gasteiger partial charge in [0.05, 0.1) is 0 Å². The van der Waals surface area contributed by atoms with Crippen LogP contribution in [0.5, 0.6) is 0 Å². The van der Waals surface area contributed by atoms with E-state index in [0.29, 0.717) is 17.1 Å². The van der Waals surface area contributed by atoms with Gasteiger partial charge >= 0.3 is 6.03 Å². The molecule has 2 atom stereocenters. The molecule has 0 unspecified atom stereocenters. The summed E-state index contributed by atoms with van der Waals surface area (Å²) in [5.74, 6) is -1.49. The number of carbonyl (C=O) groups excluding carboxylic acids is 1. The van der Waals surface area contributed by atoms with Crippen molar-refractivity contribution in [3.8, 4) is 0 Å². The minimum atomic E-state index is -0.579. The van der Waals surface area contributed by atoms with Crippen molar-refractivity contribution in [3.63, 3.8) is 0 Å². The molecule has 1 fully saturated rings. The molecule has 0 saturated heterocycles. The maximum Gasteiger partial charge on any atom is 0.319 e. The number of carbonyl (C=O) groups is 1. The highest BCUT2D eigenvalue weighted by atomic mass is 35.5. The molecule has 0 heterocycles. The van der Waals surface area contributed by atoms with Gasteiger partial charge in [0, 0.05) is 28.2 Å². The van der Waals surface area contributed by atoms with Gasteiger partial charge in [-0.05, 0) is 36.8 Å². The van der Waals surface area contributed by atoms with E-state index in [1.807, 2.05) is 0 Å². The highest BCUT2D eigenvalue weighted by Gasteiger charge is 2.42. The Hall–Kier alpha value is -2.14. The van der Waals surface area contributed by atoms with Crippen LogP contribution in [-0.4, -0.2) is 12.1 Å². The van der Waals surface area contributed by atoms with Gasteiger partial charge in [0.1, 0.15) is 11.6 Å². The van der Waals surface area contributed by atoms with E-state index in [2.05, 4.69) is 10.6 Å². The number of halogens is 3. The van der Waals surface area contributed by atoms with Gasteiger partial charge in [0.2, 0.25) is 0 Å². The molecular weight excluding hydrogens is 310 g/mol. The summed E-state index contributed by atoms with van der Waals surface area (Å²) in [4.78, 5) is 11.9. The van der Waals surface area contributed by atoms with Gasteiger partial charge in [-0.15, -0.1) is 0 Å². The van der Waals surface area contributed by atoms with Crippen molar-refractivity contribution in [2.24, 2.45) is 0 Å². The Morgan fingerprint density at radius 1 is 1.14 bits per heavy atom. The molecule has 2 N–H and O–H groups in total. The van der Waals surface area contributed by atoms with Crippen molar-refractivity contribution in [2.45, 2.75) is 18.4 Å². The van der Waals surface area contributed by atoms with Crippen molar-refractivity contribution < 1.29 is 13.6 Å². The Kier molecular flexibility index (Phi) is 3.98. The van der Waals surface area contributed by atoms with Gasteiger partial charge in [-0.2, -0.15) is 0 Å². The lowest BCUT2D eigenvalue weighted by Gasteiger charge is -2.08. The Labute approximate surface area is 131 Å². The van der Waals surface area contributed by atoms with Crippen LogP contribution < -0.4 is 10.6 Å². The van der Waals surface area contributed by atoms with Gasteiger partial charge in [0.25, 0.3) is 0 Å². The van der Waals surface area contributed by atoms with Crippen LogP contribution >= 0.6 is 11.6 Å². The number of nitrogens with one attached hydrogen (secondary N) is 2. The fraction of sp³-hybridized carbons (Fsp3) is 0.188. The van der Waals surface area contributed by atoms with Crippen LogP contribution in [0.1, 0.15) is 17.9 Å². The number of rotatable bonds is 3. The zero-order chi connectivity index (χ0) is 15.7. The number of hydrogen-bond acceptors (Lipinski definition) is 1. The highest BCUT2D eigenvalue weighted by Crippen LogP contribution is 2.43. The maximum atomic E-state index is 13.7. The molecule has 0 aromatic heterocycles. The van der Waals surface area contributed by atoms with Crippen LogP contribution in [0.25, 0.3) is 0 Å². The normalized spacial score (nSPS) is 19.6. The quantitative estimate of drug-likeness (QED) is 0.869. The molecule has 0 radical (unpaired) electrons. The van der Waals surface area contributed by atoms with Gasteiger partial charge in [-0.1, -0.05) is 23.7 Å². The van der Waals surface area contributed by atoms with Crippen molar-refractivity contribution in [3.05, 3.63) is 64.7 Å². The number of urea groups is 1. The Morgan fingerprint density at radius 3 is 2.50 bits per heavy atom. The molecule has 3 nitrogen and oxygen atoms in total. The lowest BCUT2D eigenvalue weighted by molar-refractivity contribution is 0.251. The summed E-state index contributed by atoms with van der Waals surface area (Å²) >= 11 is 5.83. The Morgan fingerprint density at radius 2 is 1.82 bits per heavy atom. The summed E-state index contributed by atoms with van der Waals surface area (Å²) in [6.45, 7) is 0. The Balaban J connectivity index is 1.60. The Bertz CT molecular complexity index is 703. The standard InChI is InChI=1S/C16H13ClF2N2O/c17-9-3-1-4-10(7-9)20-16(22)21-14-8-11(14)15-12(18)5-2-6-13(15)19/h1-7,11,14H,8H2,(H2,20,21,22)/t11-,14-/m0/s1. The maximum absolute atomic E-state index is 13.7. The van der Waals surface area contributed by atoms with E-state index >= 15 is 0 Å². The third kappa shape index (κ3) is 3.20. The van der Waals surface area contributed by atoms with Crippen molar-refractivity contribution in [1.82, 2.24) is 5.32 Å². The number of benzene rings is 2. The second-order valence-corrected chi connectivity index (χ2v) is 5.63. The van der Waals surface area contributed by atoms with Crippen LogP contribution in [0.3, 0.4) is 0 Å². The second kappa shape index (κ2) is 5.93. The average molecular weight is 323 g/mol. The SMILES string of the molecule is O=C(Nc1cccc(Cl)c1)N[C@H]1C[C@@H]1c1c(F)cccc1F. The molecule has 1 aliphatic rings. The summed E-state index contributed by atoms with van der Waals surface area (Å²) in [6.07, 6.45) is 0.515. The lowest BCUT2D eigenvalue weighted by Crippen LogP contribution is -2.31. The summed E-state index contributed by atoms with van der Waals surface area (Å²) < 4.78 is 27.3. The zero-order valence-corrected chi connectivity index (χ0v) is 12.2. The first-order valence-electron chi connectivity index (χ1n) is 6.81. The predicted molar refractivity (Wildman–Crippen MR) is 81.1 cm³/mol. The van der Waals surface area contributed by atoms with Crippen LogP contribution in [0.2, 0.25) is 5.02 Å². The fourth-order valence-electron chi connectivity index (χ4n) is 2.44. The third-order valence-corrected chi connectivity index (χ3v) is 3.80.